The number of benzene rings is 3. The van der Waals surface area contributed by atoms with E-state index in [1.807, 2.05) is 19.9 Å². The molecule has 3 aromatic carbocycles. The van der Waals surface area contributed by atoms with Gasteiger partial charge in [-0.25, -0.2) is 0 Å². The van der Waals surface area contributed by atoms with Crippen LogP contribution in [0.1, 0.15) is 38.3 Å². The molecule has 2 N–H and O–H groups in total. The van der Waals surface area contributed by atoms with E-state index < -0.39 is 10.5 Å². The molecule has 6 rings (SSSR count). The van der Waals surface area contributed by atoms with E-state index in [-0.39, 0.29) is 23.3 Å². The van der Waals surface area contributed by atoms with Crippen molar-refractivity contribution in [3.63, 3.8) is 0 Å². The number of aromatic amines is 1. The monoisotopic (exact) mass is 574 g/mol. The van der Waals surface area contributed by atoms with Crippen molar-refractivity contribution in [2.75, 3.05) is 13.1 Å². The third-order valence-electron chi connectivity index (χ3n) is 7.36. The van der Waals surface area contributed by atoms with Gasteiger partial charge in [-0.1, -0.05) is 22.1 Å². The Labute approximate surface area is 235 Å². The van der Waals surface area contributed by atoms with E-state index in [4.69, 9.17) is 4.74 Å². The Kier molecular flexibility index (Phi) is 6.68. The Bertz CT molecular complexity index is 2040. The Morgan fingerprint density at radius 3 is 2.56 bits per heavy atom. The second-order valence-electron chi connectivity index (χ2n) is 10.4. The van der Waals surface area contributed by atoms with Crippen molar-refractivity contribution in [2.45, 2.75) is 38.8 Å². The van der Waals surface area contributed by atoms with Crippen LogP contribution in [0.25, 0.3) is 44.0 Å². The Morgan fingerprint density at radius 2 is 1.85 bits per heavy atom. The molecule has 0 saturated carbocycles. The van der Waals surface area contributed by atoms with Gasteiger partial charge < -0.3 is 23.8 Å². The number of nitrogens with zero attached hydrogens (tertiary/aromatic N) is 2. The summed E-state index contributed by atoms with van der Waals surface area (Å²) >= 11 is 0. The van der Waals surface area contributed by atoms with Crippen LogP contribution in [0.2, 0.25) is 0 Å². The van der Waals surface area contributed by atoms with Gasteiger partial charge in [0.05, 0.1) is 34.0 Å². The highest BCUT2D eigenvalue weighted by Crippen LogP contribution is 2.39. The average molecular weight is 575 g/mol. The number of hydrogen-bond acceptors (Lipinski definition) is 7. The number of rotatable bonds is 6. The first-order valence-corrected chi connectivity index (χ1v) is 14.6. The highest BCUT2D eigenvalue weighted by atomic mass is 32.3. The summed E-state index contributed by atoms with van der Waals surface area (Å²) in [6.45, 7) is 5.37. The number of halogens is 1. The van der Waals surface area contributed by atoms with Gasteiger partial charge >= 0.3 is 10.5 Å². The topological polar surface area (TPSA) is 126 Å². The summed E-state index contributed by atoms with van der Waals surface area (Å²) in [4.78, 5) is 17.6. The van der Waals surface area contributed by atoms with Crippen molar-refractivity contribution in [2.24, 2.45) is 0 Å². The van der Waals surface area contributed by atoms with Crippen molar-refractivity contribution < 1.29 is 21.2 Å². The smallest absolute Gasteiger partial charge is 0.488 e. The molecule has 9 nitrogen and oxygen atoms in total. The highest BCUT2D eigenvalue weighted by Gasteiger charge is 2.25. The van der Waals surface area contributed by atoms with Crippen molar-refractivity contribution in [1.82, 2.24) is 14.9 Å². The standard InChI is InChI=1S/C30H27FN4O5S/c1-17(2)39-27-15-24-26(14-23(27)19-4-3-5-21(13-19)40-41(31,37)38)35(20-8-10-33-11-9-20)30-28(29(24)36)22-7-6-18(16-32)12-25(22)34-30/h3-7,12-15,17,20,33-34H,8-11H2,1-2H3. The average Bonchev–Trinajstić information content (AvgIpc) is 3.31. The fraction of sp³-hybridized carbons (Fsp3) is 0.267. The summed E-state index contributed by atoms with van der Waals surface area (Å²) in [5.41, 5.74) is 3.49. The zero-order valence-corrected chi connectivity index (χ0v) is 23.2. The van der Waals surface area contributed by atoms with Crippen LogP contribution in [0.15, 0.2) is 59.4 Å². The summed E-state index contributed by atoms with van der Waals surface area (Å²) in [6, 6.07) is 17.1. The molecule has 0 unspecified atom stereocenters. The van der Waals surface area contributed by atoms with Gasteiger partial charge in [0, 0.05) is 22.5 Å². The second-order valence-corrected chi connectivity index (χ2v) is 11.4. The van der Waals surface area contributed by atoms with E-state index >= 15 is 0 Å². The third kappa shape index (κ3) is 5.01. The number of H-pyrrole nitrogens is 1. The van der Waals surface area contributed by atoms with Crippen molar-refractivity contribution >= 4 is 43.3 Å². The maximum absolute atomic E-state index is 14.2. The summed E-state index contributed by atoms with van der Waals surface area (Å²) in [7, 11) is -5.22. The predicted molar refractivity (Wildman–Crippen MR) is 155 cm³/mol. The number of nitrogens with one attached hydrogen (secondary N) is 2. The largest absolute Gasteiger partial charge is 0.490 e. The molecule has 210 valence electrons. The normalized spacial score (nSPS) is 14.6. The van der Waals surface area contributed by atoms with Crippen LogP contribution in [0.4, 0.5) is 3.89 Å². The highest BCUT2D eigenvalue weighted by molar-refractivity contribution is 7.81. The van der Waals surface area contributed by atoms with Crippen LogP contribution in [0.5, 0.6) is 11.5 Å². The first-order chi connectivity index (χ1) is 19.6. The molecule has 5 aromatic rings. The first kappa shape index (κ1) is 26.8. The Balaban J connectivity index is 1.70. The molecule has 0 bridgehead atoms. The molecule has 3 heterocycles. The van der Waals surface area contributed by atoms with Crippen LogP contribution in [-0.4, -0.2) is 37.2 Å². The van der Waals surface area contributed by atoms with Gasteiger partial charge in [-0.3, -0.25) is 4.79 Å². The molecule has 41 heavy (non-hydrogen) atoms. The van der Waals surface area contributed by atoms with Crippen LogP contribution >= 0.6 is 0 Å². The van der Waals surface area contributed by atoms with E-state index in [1.54, 1.807) is 36.4 Å². The Morgan fingerprint density at radius 1 is 1.07 bits per heavy atom. The van der Waals surface area contributed by atoms with Gasteiger partial charge in [-0.05, 0) is 81.7 Å². The van der Waals surface area contributed by atoms with Gasteiger partial charge in [0.2, 0.25) is 0 Å². The van der Waals surface area contributed by atoms with E-state index in [2.05, 4.69) is 25.1 Å². The molecule has 1 aliphatic rings. The van der Waals surface area contributed by atoms with Gasteiger partial charge in [0.1, 0.15) is 17.1 Å². The number of fused-ring (bicyclic) bond motifs is 4. The lowest BCUT2D eigenvalue weighted by Crippen LogP contribution is -2.30. The van der Waals surface area contributed by atoms with E-state index in [0.717, 1.165) is 31.3 Å². The quantitative estimate of drug-likeness (QED) is 0.257. The number of nitriles is 1. The molecule has 0 radical (unpaired) electrons. The minimum Gasteiger partial charge on any atom is -0.490 e. The van der Waals surface area contributed by atoms with Crippen molar-refractivity contribution in [3.8, 4) is 28.7 Å². The molecule has 1 aliphatic heterocycles. The molecule has 0 spiro atoms. The fourth-order valence-electron chi connectivity index (χ4n) is 5.72. The summed E-state index contributed by atoms with van der Waals surface area (Å²) < 4.78 is 48.4. The number of ether oxygens (including phenoxy) is 1. The van der Waals surface area contributed by atoms with Gasteiger partial charge in [0.15, 0.2) is 5.43 Å². The molecule has 0 aliphatic carbocycles. The molecule has 0 atom stereocenters. The number of piperidine rings is 1. The predicted octanol–water partition coefficient (Wildman–Crippen LogP) is 5.48. The third-order valence-corrected chi connectivity index (χ3v) is 7.75. The second kappa shape index (κ2) is 10.2. The fourth-order valence-corrected chi connectivity index (χ4v) is 6.05. The minimum atomic E-state index is -5.22. The number of aromatic nitrogens is 2. The number of hydrogen-bond donors (Lipinski definition) is 2. The van der Waals surface area contributed by atoms with Crippen LogP contribution in [-0.2, 0) is 10.5 Å². The summed E-state index contributed by atoms with van der Waals surface area (Å²) in [5.74, 6) is 0.239. The molecule has 1 saturated heterocycles. The van der Waals surface area contributed by atoms with Crippen LogP contribution < -0.4 is 19.7 Å². The SMILES string of the molecule is CC(C)Oc1cc2c(=O)c3c4ccc(C#N)cc4[nH]c3n(C3CCNCC3)c2cc1-c1cccc(OS(=O)(=O)F)c1. The minimum absolute atomic E-state index is 0.0708. The maximum atomic E-state index is 14.2. The molecular formula is C30H27FN4O5S. The lowest BCUT2D eigenvalue weighted by Gasteiger charge is -2.28. The van der Waals surface area contributed by atoms with Gasteiger partial charge in [0.25, 0.3) is 0 Å². The maximum Gasteiger partial charge on any atom is 0.488 e. The summed E-state index contributed by atoms with van der Waals surface area (Å²) in [5, 5.41) is 14.6. The van der Waals surface area contributed by atoms with E-state index in [1.165, 1.54) is 12.1 Å². The zero-order chi connectivity index (χ0) is 28.9. The van der Waals surface area contributed by atoms with Gasteiger partial charge in [-0.15, -0.1) is 0 Å². The molecular weight excluding hydrogens is 547 g/mol. The van der Waals surface area contributed by atoms with E-state index in [9.17, 15) is 22.4 Å². The lowest BCUT2D eigenvalue weighted by molar-refractivity contribution is 0.244. The van der Waals surface area contributed by atoms with E-state index in [0.29, 0.717) is 49.9 Å². The molecule has 2 aromatic heterocycles. The first-order valence-electron chi connectivity index (χ1n) is 13.3. The molecule has 11 heteroatoms. The van der Waals surface area contributed by atoms with Crippen molar-refractivity contribution in [1.29, 1.82) is 5.26 Å². The van der Waals surface area contributed by atoms with Gasteiger partial charge in [-0.2, -0.15) is 13.7 Å². The lowest BCUT2D eigenvalue weighted by atomic mass is 9.98. The molecule has 1 fully saturated rings. The van der Waals surface area contributed by atoms with Crippen LogP contribution in [0, 0.1) is 11.3 Å². The molecule has 0 amide bonds. The number of pyridine rings is 1. The zero-order valence-electron chi connectivity index (χ0n) is 22.4. The Hall–Kier alpha value is -4.40. The van der Waals surface area contributed by atoms with Crippen molar-refractivity contribution in [3.05, 3.63) is 70.4 Å². The van der Waals surface area contributed by atoms with Crippen LogP contribution in [0.3, 0.4) is 0 Å². The summed E-state index contributed by atoms with van der Waals surface area (Å²) in [6.07, 6.45) is 1.44.